The van der Waals surface area contributed by atoms with Crippen molar-refractivity contribution in [2.75, 3.05) is 13.7 Å². The van der Waals surface area contributed by atoms with Crippen LogP contribution in [0.2, 0.25) is 5.02 Å². The van der Waals surface area contributed by atoms with Crippen molar-refractivity contribution in [3.8, 4) is 5.75 Å². The van der Waals surface area contributed by atoms with E-state index in [2.05, 4.69) is 23.5 Å². The quantitative estimate of drug-likeness (QED) is 0.919. The first-order valence-electron chi connectivity index (χ1n) is 6.44. The fourth-order valence-corrected chi connectivity index (χ4v) is 2.96. The van der Waals surface area contributed by atoms with E-state index in [1.807, 2.05) is 37.4 Å². The summed E-state index contributed by atoms with van der Waals surface area (Å²) in [7, 11) is 1.98. The lowest BCUT2D eigenvalue weighted by atomic mass is 9.88. The molecule has 2 atom stereocenters. The Morgan fingerprint density at radius 2 is 2.05 bits per heavy atom. The van der Waals surface area contributed by atoms with Gasteiger partial charge in [-0.15, -0.1) is 0 Å². The zero-order valence-corrected chi connectivity index (χ0v) is 11.5. The number of nitrogens with one attached hydrogen (secondary N) is 1. The lowest BCUT2D eigenvalue weighted by molar-refractivity contribution is 0.304. The number of benzene rings is 2. The summed E-state index contributed by atoms with van der Waals surface area (Å²) in [5.74, 6) is 1.31. The van der Waals surface area contributed by atoms with Gasteiger partial charge in [0.1, 0.15) is 5.75 Å². The Balaban J connectivity index is 1.96. The number of ether oxygens (including phenoxy) is 1. The van der Waals surface area contributed by atoms with Gasteiger partial charge in [-0.05, 0) is 30.8 Å². The van der Waals surface area contributed by atoms with Crippen LogP contribution in [0.25, 0.3) is 0 Å². The highest BCUT2D eigenvalue weighted by atomic mass is 35.5. The van der Waals surface area contributed by atoms with Gasteiger partial charge < -0.3 is 10.1 Å². The molecule has 0 spiro atoms. The molecular weight excluding hydrogens is 258 g/mol. The monoisotopic (exact) mass is 273 g/mol. The van der Waals surface area contributed by atoms with Crippen molar-refractivity contribution in [3.63, 3.8) is 0 Å². The van der Waals surface area contributed by atoms with Gasteiger partial charge in [-0.3, -0.25) is 0 Å². The minimum absolute atomic E-state index is 0.211. The summed E-state index contributed by atoms with van der Waals surface area (Å²) in [6, 6.07) is 16.5. The molecule has 3 rings (SSSR count). The molecule has 3 heteroatoms. The van der Waals surface area contributed by atoms with Crippen LogP contribution in [0.4, 0.5) is 0 Å². The van der Waals surface area contributed by atoms with Crippen LogP contribution in [0, 0.1) is 0 Å². The van der Waals surface area contributed by atoms with Crippen molar-refractivity contribution in [2.45, 2.75) is 12.0 Å². The van der Waals surface area contributed by atoms with Gasteiger partial charge in [-0.1, -0.05) is 41.9 Å². The largest absolute Gasteiger partial charge is 0.493 e. The number of para-hydroxylation sites is 1. The standard InChI is InChI=1S/C16H16ClNO/c1-18-16(11-5-4-6-12(17)9-11)14-10-19-15-8-3-2-7-13(14)15/h2-9,14,16,18H,10H2,1H3. The molecule has 2 unspecified atom stereocenters. The molecule has 1 N–H and O–H groups in total. The summed E-state index contributed by atoms with van der Waals surface area (Å²) in [5, 5.41) is 4.16. The van der Waals surface area contributed by atoms with Crippen molar-refractivity contribution >= 4 is 11.6 Å². The van der Waals surface area contributed by atoms with Crippen LogP contribution >= 0.6 is 11.6 Å². The second kappa shape index (κ2) is 5.24. The van der Waals surface area contributed by atoms with Gasteiger partial charge in [0.25, 0.3) is 0 Å². The maximum atomic E-state index is 6.09. The highest BCUT2D eigenvalue weighted by Gasteiger charge is 2.31. The van der Waals surface area contributed by atoms with Crippen LogP contribution in [0.15, 0.2) is 48.5 Å². The summed E-state index contributed by atoms with van der Waals surface area (Å²) in [6.07, 6.45) is 0. The average molecular weight is 274 g/mol. The summed E-state index contributed by atoms with van der Waals surface area (Å²) in [6.45, 7) is 0.706. The van der Waals surface area contributed by atoms with E-state index in [1.165, 1.54) is 11.1 Å². The van der Waals surface area contributed by atoms with E-state index in [9.17, 15) is 0 Å². The average Bonchev–Trinajstić information content (AvgIpc) is 2.84. The summed E-state index contributed by atoms with van der Waals surface area (Å²) >= 11 is 6.09. The molecule has 0 aromatic heterocycles. The van der Waals surface area contributed by atoms with Gasteiger partial charge in [-0.25, -0.2) is 0 Å². The van der Waals surface area contributed by atoms with Gasteiger partial charge in [-0.2, -0.15) is 0 Å². The lowest BCUT2D eigenvalue weighted by Gasteiger charge is -2.23. The SMILES string of the molecule is CNC(c1cccc(Cl)c1)C1COc2ccccc21. The highest BCUT2D eigenvalue weighted by molar-refractivity contribution is 6.30. The summed E-state index contributed by atoms with van der Waals surface area (Å²) in [4.78, 5) is 0. The molecule has 2 nitrogen and oxygen atoms in total. The first-order chi connectivity index (χ1) is 9.29. The maximum Gasteiger partial charge on any atom is 0.122 e. The van der Waals surface area contributed by atoms with E-state index in [-0.39, 0.29) is 6.04 Å². The van der Waals surface area contributed by atoms with E-state index in [0.29, 0.717) is 12.5 Å². The Hall–Kier alpha value is -1.51. The Bertz CT molecular complexity index is 584. The normalized spacial score (nSPS) is 18.7. The van der Waals surface area contributed by atoms with Crippen LogP contribution < -0.4 is 10.1 Å². The van der Waals surface area contributed by atoms with E-state index in [0.717, 1.165) is 10.8 Å². The topological polar surface area (TPSA) is 21.3 Å². The molecule has 19 heavy (non-hydrogen) atoms. The Morgan fingerprint density at radius 1 is 1.21 bits per heavy atom. The van der Waals surface area contributed by atoms with Gasteiger partial charge in [0.05, 0.1) is 6.61 Å². The molecule has 0 aliphatic carbocycles. The molecule has 0 fully saturated rings. The molecule has 0 bridgehead atoms. The third kappa shape index (κ3) is 2.34. The Kier molecular flexibility index (Phi) is 3.45. The molecule has 1 heterocycles. The third-order valence-electron chi connectivity index (χ3n) is 3.66. The lowest BCUT2D eigenvalue weighted by Crippen LogP contribution is -2.24. The van der Waals surface area contributed by atoms with Gasteiger partial charge in [0, 0.05) is 22.5 Å². The molecular formula is C16H16ClNO. The molecule has 0 saturated heterocycles. The number of rotatable bonds is 3. The van der Waals surface area contributed by atoms with Crippen LogP contribution in [-0.2, 0) is 0 Å². The summed E-state index contributed by atoms with van der Waals surface area (Å²) in [5.41, 5.74) is 2.46. The number of hydrogen-bond acceptors (Lipinski definition) is 2. The van der Waals surface area contributed by atoms with E-state index < -0.39 is 0 Å². The molecule has 1 aliphatic rings. The number of fused-ring (bicyclic) bond motifs is 1. The van der Waals surface area contributed by atoms with Crippen LogP contribution in [0.1, 0.15) is 23.1 Å². The van der Waals surface area contributed by atoms with Crippen molar-refractivity contribution in [2.24, 2.45) is 0 Å². The van der Waals surface area contributed by atoms with Crippen LogP contribution in [-0.4, -0.2) is 13.7 Å². The van der Waals surface area contributed by atoms with Crippen molar-refractivity contribution in [1.29, 1.82) is 0 Å². The molecule has 0 radical (unpaired) electrons. The first kappa shape index (κ1) is 12.5. The third-order valence-corrected chi connectivity index (χ3v) is 3.89. The minimum atomic E-state index is 0.211. The number of likely N-dealkylation sites (N-methyl/N-ethyl adjacent to an activating group) is 1. The molecule has 2 aromatic carbocycles. The molecule has 2 aromatic rings. The predicted octanol–water partition coefficient (Wildman–Crippen LogP) is 3.78. The summed E-state index contributed by atoms with van der Waals surface area (Å²) < 4.78 is 5.77. The first-order valence-corrected chi connectivity index (χ1v) is 6.82. The van der Waals surface area contributed by atoms with E-state index in [4.69, 9.17) is 16.3 Å². The molecule has 1 aliphatic heterocycles. The molecule has 0 amide bonds. The smallest absolute Gasteiger partial charge is 0.122 e. The van der Waals surface area contributed by atoms with Gasteiger partial charge in [0.2, 0.25) is 0 Å². The fourth-order valence-electron chi connectivity index (χ4n) is 2.76. The second-order valence-electron chi connectivity index (χ2n) is 4.78. The maximum absolute atomic E-state index is 6.09. The predicted molar refractivity (Wildman–Crippen MR) is 77.9 cm³/mol. The Labute approximate surface area is 118 Å². The minimum Gasteiger partial charge on any atom is -0.493 e. The number of halogens is 1. The Morgan fingerprint density at radius 3 is 2.84 bits per heavy atom. The van der Waals surface area contributed by atoms with Crippen molar-refractivity contribution in [1.82, 2.24) is 5.32 Å². The van der Waals surface area contributed by atoms with E-state index in [1.54, 1.807) is 0 Å². The zero-order chi connectivity index (χ0) is 13.2. The second-order valence-corrected chi connectivity index (χ2v) is 5.21. The molecule has 0 saturated carbocycles. The van der Waals surface area contributed by atoms with Crippen molar-refractivity contribution < 1.29 is 4.74 Å². The highest BCUT2D eigenvalue weighted by Crippen LogP contribution is 2.41. The van der Waals surface area contributed by atoms with Crippen LogP contribution in [0.3, 0.4) is 0 Å². The zero-order valence-electron chi connectivity index (χ0n) is 10.8. The number of hydrogen-bond donors (Lipinski definition) is 1. The van der Waals surface area contributed by atoms with Crippen LogP contribution in [0.5, 0.6) is 5.75 Å². The molecule has 98 valence electrons. The fraction of sp³-hybridized carbons (Fsp3) is 0.250. The van der Waals surface area contributed by atoms with Gasteiger partial charge >= 0.3 is 0 Å². The van der Waals surface area contributed by atoms with Crippen molar-refractivity contribution in [3.05, 3.63) is 64.7 Å². The van der Waals surface area contributed by atoms with Gasteiger partial charge in [0.15, 0.2) is 0 Å². The van der Waals surface area contributed by atoms with E-state index >= 15 is 0 Å².